The van der Waals surface area contributed by atoms with Crippen LogP contribution in [0.5, 0.6) is 5.75 Å². The molecular weight excluding hydrogens is 371 g/mol. The lowest BCUT2D eigenvalue weighted by molar-refractivity contribution is 0.0679. The van der Waals surface area contributed by atoms with Gasteiger partial charge in [-0.3, -0.25) is 4.79 Å². The monoisotopic (exact) mass is 394 g/mol. The van der Waals surface area contributed by atoms with Gasteiger partial charge in [0.1, 0.15) is 29.4 Å². The maximum atomic E-state index is 14.4. The van der Waals surface area contributed by atoms with Crippen molar-refractivity contribution in [1.82, 2.24) is 9.97 Å². The average molecular weight is 394 g/mol. The van der Waals surface area contributed by atoms with Gasteiger partial charge in [0.05, 0.1) is 17.4 Å². The highest BCUT2D eigenvalue weighted by molar-refractivity contribution is 7.99. The number of benzene rings is 1. The summed E-state index contributed by atoms with van der Waals surface area (Å²) in [5, 5.41) is 0.469. The Morgan fingerprint density at radius 2 is 2.11 bits per heavy atom. The smallest absolute Gasteiger partial charge is 0.261 e. The predicted octanol–water partition coefficient (Wildman–Crippen LogP) is 3.03. The zero-order valence-corrected chi connectivity index (χ0v) is 15.9. The van der Waals surface area contributed by atoms with Gasteiger partial charge in [0, 0.05) is 37.2 Å². The first-order valence-electron chi connectivity index (χ1n) is 9.35. The van der Waals surface area contributed by atoms with E-state index in [0.717, 1.165) is 45.5 Å². The van der Waals surface area contributed by atoms with Gasteiger partial charge in [-0.05, 0) is 25.7 Å². The first-order valence-corrected chi connectivity index (χ1v) is 10.4. The summed E-state index contributed by atoms with van der Waals surface area (Å²) >= 11 is 1.75. The summed E-state index contributed by atoms with van der Waals surface area (Å²) < 4.78 is 31.0. The molecule has 6 nitrogen and oxygen atoms in total. The summed E-state index contributed by atoms with van der Waals surface area (Å²) in [5.41, 5.74) is -0.130. The Hall–Kier alpha value is -1.64. The predicted molar refractivity (Wildman–Crippen MR) is 102 cm³/mol. The second-order valence-electron chi connectivity index (χ2n) is 6.88. The van der Waals surface area contributed by atoms with E-state index in [9.17, 15) is 9.18 Å². The van der Waals surface area contributed by atoms with Crippen LogP contribution in [0.3, 0.4) is 0 Å². The van der Waals surface area contributed by atoms with E-state index in [1.807, 2.05) is 0 Å². The van der Waals surface area contributed by atoms with Crippen LogP contribution < -0.4 is 10.3 Å². The van der Waals surface area contributed by atoms with E-state index < -0.39 is 11.4 Å². The van der Waals surface area contributed by atoms with Gasteiger partial charge in [0.2, 0.25) is 0 Å². The molecule has 0 saturated carbocycles. The first kappa shape index (κ1) is 18.7. The third-order valence-electron chi connectivity index (χ3n) is 4.87. The number of thioether (sulfide) groups is 1. The number of aromatic nitrogens is 2. The number of nitrogens with zero attached hydrogens (tertiary/aromatic N) is 1. The molecular formula is C19H23FN2O4S. The van der Waals surface area contributed by atoms with Crippen molar-refractivity contribution in [2.24, 2.45) is 0 Å². The third-order valence-corrected chi connectivity index (χ3v) is 6.25. The summed E-state index contributed by atoms with van der Waals surface area (Å²) in [7, 11) is 0. The number of rotatable bonds is 6. The molecule has 27 heavy (non-hydrogen) atoms. The van der Waals surface area contributed by atoms with E-state index in [1.165, 1.54) is 6.07 Å². The summed E-state index contributed by atoms with van der Waals surface area (Å²) in [5.74, 6) is 0.891. The van der Waals surface area contributed by atoms with E-state index in [1.54, 1.807) is 17.8 Å². The fraction of sp³-hybridized carbons (Fsp3) is 0.579. The Kier molecular flexibility index (Phi) is 5.95. The molecule has 1 aromatic carbocycles. The molecule has 0 radical (unpaired) electrons. The van der Waals surface area contributed by atoms with Crippen molar-refractivity contribution < 1.29 is 18.6 Å². The highest BCUT2D eigenvalue weighted by Crippen LogP contribution is 2.26. The molecule has 146 valence electrons. The van der Waals surface area contributed by atoms with Gasteiger partial charge in [-0.15, -0.1) is 0 Å². The standard InChI is InChI=1S/C19H23FN2O4S/c20-15-8-13(26-10-12-2-1-5-25-12)9-16-18(15)19(23)22-17(21-16)11-27-14-3-6-24-7-4-14/h8-9,12,14H,1-7,10-11H2,(H,21,22,23). The van der Waals surface area contributed by atoms with Gasteiger partial charge >= 0.3 is 0 Å². The molecule has 0 aliphatic carbocycles. The fourth-order valence-corrected chi connectivity index (χ4v) is 4.46. The van der Waals surface area contributed by atoms with Crippen molar-refractivity contribution >= 4 is 22.7 Å². The van der Waals surface area contributed by atoms with Crippen LogP contribution in [-0.4, -0.2) is 47.7 Å². The van der Waals surface area contributed by atoms with Crippen molar-refractivity contribution in [3.63, 3.8) is 0 Å². The molecule has 2 aliphatic heterocycles. The summed E-state index contributed by atoms with van der Waals surface area (Å²) in [6, 6.07) is 2.87. The molecule has 3 heterocycles. The van der Waals surface area contributed by atoms with Gasteiger partial charge in [-0.25, -0.2) is 9.37 Å². The van der Waals surface area contributed by atoms with E-state index in [2.05, 4.69) is 9.97 Å². The van der Waals surface area contributed by atoms with Crippen LogP contribution >= 0.6 is 11.8 Å². The molecule has 4 rings (SSSR count). The van der Waals surface area contributed by atoms with E-state index in [4.69, 9.17) is 14.2 Å². The van der Waals surface area contributed by atoms with Crippen molar-refractivity contribution in [2.75, 3.05) is 26.4 Å². The molecule has 1 N–H and O–H groups in total. The SMILES string of the molecule is O=c1[nH]c(CSC2CCOCC2)nc2cc(OCC3CCCO3)cc(F)c12. The molecule has 0 bridgehead atoms. The lowest BCUT2D eigenvalue weighted by atomic mass is 10.2. The minimum Gasteiger partial charge on any atom is -0.491 e. The van der Waals surface area contributed by atoms with Crippen LogP contribution in [0, 0.1) is 5.82 Å². The highest BCUT2D eigenvalue weighted by Gasteiger charge is 2.18. The lowest BCUT2D eigenvalue weighted by Crippen LogP contribution is -2.19. The zero-order chi connectivity index (χ0) is 18.6. The van der Waals surface area contributed by atoms with Gasteiger partial charge in [0.15, 0.2) is 0 Å². The lowest BCUT2D eigenvalue weighted by Gasteiger charge is -2.21. The Morgan fingerprint density at radius 1 is 1.26 bits per heavy atom. The number of halogens is 1. The Bertz CT molecular complexity index is 847. The average Bonchev–Trinajstić information content (AvgIpc) is 3.19. The summed E-state index contributed by atoms with van der Waals surface area (Å²) in [6.45, 7) is 2.66. The second-order valence-corrected chi connectivity index (χ2v) is 8.17. The molecule has 0 spiro atoms. The van der Waals surface area contributed by atoms with Crippen LogP contribution in [-0.2, 0) is 15.2 Å². The van der Waals surface area contributed by atoms with Crippen LogP contribution in [0.1, 0.15) is 31.5 Å². The second kappa shape index (κ2) is 8.58. The Morgan fingerprint density at radius 3 is 2.89 bits per heavy atom. The Labute approximate surface area is 160 Å². The number of hydrogen-bond acceptors (Lipinski definition) is 6. The summed E-state index contributed by atoms with van der Waals surface area (Å²) in [6.07, 6.45) is 4.01. The topological polar surface area (TPSA) is 73.4 Å². The number of hydrogen-bond donors (Lipinski definition) is 1. The molecule has 2 saturated heterocycles. The largest absolute Gasteiger partial charge is 0.491 e. The number of aromatic amines is 1. The molecule has 2 aliphatic rings. The van der Waals surface area contributed by atoms with Gasteiger partial charge in [0.25, 0.3) is 5.56 Å². The molecule has 1 aromatic heterocycles. The van der Waals surface area contributed by atoms with Gasteiger partial charge < -0.3 is 19.2 Å². The van der Waals surface area contributed by atoms with Gasteiger partial charge in [-0.1, -0.05) is 0 Å². The van der Waals surface area contributed by atoms with Crippen LogP contribution in [0.15, 0.2) is 16.9 Å². The van der Waals surface area contributed by atoms with E-state index in [-0.39, 0.29) is 11.5 Å². The molecule has 1 unspecified atom stereocenters. The van der Waals surface area contributed by atoms with E-state index in [0.29, 0.717) is 34.7 Å². The van der Waals surface area contributed by atoms with Crippen molar-refractivity contribution in [1.29, 1.82) is 0 Å². The molecule has 1 atom stereocenters. The van der Waals surface area contributed by atoms with Crippen LogP contribution in [0.4, 0.5) is 4.39 Å². The number of H-pyrrole nitrogens is 1. The third kappa shape index (κ3) is 4.62. The zero-order valence-electron chi connectivity index (χ0n) is 15.0. The Balaban J connectivity index is 1.50. The number of nitrogens with one attached hydrogen (secondary N) is 1. The van der Waals surface area contributed by atoms with Crippen molar-refractivity contribution in [2.45, 2.75) is 42.8 Å². The number of fused-ring (bicyclic) bond motifs is 1. The minimum absolute atomic E-state index is 0.0284. The maximum Gasteiger partial charge on any atom is 0.261 e. The number of ether oxygens (including phenoxy) is 3. The van der Waals surface area contributed by atoms with Crippen LogP contribution in [0.25, 0.3) is 10.9 Å². The van der Waals surface area contributed by atoms with Crippen molar-refractivity contribution in [3.8, 4) is 5.75 Å². The molecule has 2 aromatic rings. The van der Waals surface area contributed by atoms with Gasteiger partial charge in [-0.2, -0.15) is 11.8 Å². The highest BCUT2D eigenvalue weighted by atomic mass is 32.2. The molecule has 8 heteroatoms. The quantitative estimate of drug-likeness (QED) is 0.812. The molecule has 0 amide bonds. The normalized spacial score (nSPS) is 21.0. The fourth-order valence-electron chi connectivity index (χ4n) is 3.40. The van der Waals surface area contributed by atoms with Crippen molar-refractivity contribution in [3.05, 3.63) is 34.1 Å². The van der Waals surface area contributed by atoms with E-state index >= 15 is 0 Å². The minimum atomic E-state index is -0.618. The first-order chi connectivity index (χ1) is 13.2. The summed E-state index contributed by atoms with van der Waals surface area (Å²) in [4.78, 5) is 19.5. The maximum absolute atomic E-state index is 14.4. The van der Waals surface area contributed by atoms with Crippen LogP contribution in [0.2, 0.25) is 0 Å². The molecule has 2 fully saturated rings.